The molecule has 3 N–H and O–H groups in total. The predicted molar refractivity (Wildman–Crippen MR) is 112 cm³/mol. The highest BCUT2D eigenvalue weighted by Gasteiger charge is 2.25. The molecule has 0 spiro atoms. The van der Waals surface area contributed by atoms with Crippen LogP contribution in [0.5, 0.6) is 0 Å². The van der Waals surface area contributed by atoms with Gasteiger partial charge in [-0.15, -0.1) is 12.4 Å². The molecule has 0 saturated carbocycles. The number of nitrogens with two attached hydrogens (primary N) is 1. The molecule has 0 fully saturated rings. The molecule has 0 radical (unpaired) electrons. The molecule has 5 nitrogen and oxygen atoms in total. The third-order valence-corrected chi connectivity index (χ3v) is 5.07. The van der Waals surface area contributed by atoms with Crippen LogP contribution in [0.2, 0.25) is 0 Å². The van der Waals surface area contributed by atoms with Crippen molar-refractivity contribution in [2.24, 2.45) is 11.7 Å². The first-order chi connectivity index (χ1) is 12.5. The zero-order valence-electron chi connectivity index (χ0n) is 15.6. The molecule has 0 aliphatic carbocycles. The number of hydrogen-bond acceptors (Lipinski definition) is 3. The molecule has 144 valence electrons. The second-order valence-corrected chi connectivity index (χ2v) is 6.82. The van der Waals surface area contributed by atoms with Crippen molar-refractivity contribution in [3.8, 4) is 0 Å². The van der Waals surface area contributed by atoms with Crippen molar-refractivity contribution in [1.29, 1.82) is 0 Å². The lowest BCUT2D eigenvalue weighted by molar-refractivity contribution is -0.118. The summed E-state index contributed by atoms with van der Waals surface area (Å²) in [6, 6.07) is 14.4. The number of amides is 2. The minimum absolute atomic E-state index is 0. The second kappa shape index (κ2) is 9.02. The van der Waals surface area contributed by atoms with Gasteiger partial charge in [-0.05, 0) is 42.2 Å². The van der Waals surface area contributed by atoms with Crippen LogP contribution < -0.4 is 16.0 Å². The van der Waals surface area contributed by atoms with E-state index >= 15 is 0 Å². The number of carbonyl (C=O) groups is 2. The maximum Gasteiger partial charge on any atom is 0.258 e. The fraction of sp³-hybridized carbons (Fsp3) is 0.333. The zero-order valence-corrected chi connectivity index (χ0v) is 16.5. The van der Waals surface area contributed by atoms with Crippen LogP contribution in [-0.4, -0.2) is 24.4 Å². The molecular formula is C21H26ClN3O2. The van der Waals surface area contributed by atoms with Crippen LogP contribution in [0.1, 0.15) is 36.2 Å². The van der Waals surface area contributed by atoms with Gasteiger partial charge in [-0.1, -0.05) is 44.5 Å². The Morgan fingerprint density at radius 2 is 1.93 bits per heavy atom. The van der Waals surface area contributed by atoms with Crippen molar-refractivity contribution >= 4 is 35.6 Å². The van der Waals surface area contributed by atoms with Crippen molar-refractivity contribution in [2.75, 3.05) is 16.8 Å². The van der Waals surface area contributed by atoms with E-state index in [4.69, 9.17) is 5.73 Å². The first kappa shape index (κ1) is 20.9. The fourth-order valence-electron chi connectivity index (χ4n) is 3.17. The third kappa shape index (κ3) is 4.49. The standard InChI is InChI=1S/C21H25N3O2.ClH/c1-3-14(2)19(22)20(25)23-17-9-6-8-16(13-17)21(26)24-12-11-15-7-4-5-10-18(15)24;/h4-10,13-14,19H,3,11-12,22H2,1-2H3,(H,23,25);1H. The molecule has 6 heteroatoms. The van der Waals surface area contributed by atoms with Gasteiger partial charge in [-0.3, -0.25) is 9.59 Å². The van der Waals surface area contributed by atoms with Crippen LogP contribution in [0, 0.1) is 5.92 Å². The lowest BCUT2D eigenvalue weighted by Gasteiger charge is -2.19. The summed E-state index contributed by atoms with van der Waals surface area (Å²) in [5.41, 5.74) is 9.27. The Morgan fingerprint density at radius 3 is 2.67 bits per heavy atom. The first-order valence-electron chi connectivity index (χ1n) is 9.07. The molecule has 2 aromatic carbocycles. The lowest BCUT2D eigenvalue weighted by atomic mass is 9.99. The Labute approximate surface area is 166 Å². The highest BCUT2D eigenvalue weighted by Crippen LogP contribution is 2.29. The van der Waals surface area contributed by atoms with Gasteiger partial charge in [-0.25, -0.2) is 0 Å². The van der Waals surface area contributed by atoms with E-state index in [9.17, 15) is 9.59 Å². The normalized spacial score (nSPS) is 14.7. The van der Waals surface area contributed by atoms with Crippen molar-refractivity contribution < 1.29 is 9.59 Å². The Hall–Kier alpha value is -2.37. The van der Waals surface area contributed by atoms with Gasteiger partial charge in [0, 0.05) is 23.5 Å². The highest BCUT2D eigenvalue weighted by molar-refractivity contribution is 6.08. The molecule has 1 heterocycles. The molecule has 2 aromatic rings. The van der Waals surface area contributed by atoms with Crippen LogP contribution in [0.25, 0.3) is 0 Å². The Kier molecular flexibility index (Phi) is 6.99. The van der Waals surface area contributed by atoms with Crippen LogP contribution in [0.4, 0.5) is 11.4 Å². The number of carbonyl (C=O) groups excluding carboxylic acids is 2. The average molecular weight is 388 g/mol. The molecule has 27 heavy (non-hydrogen) atoms. The van der Waals surface area contributed by atoms with Gasteiger partial charge in [0.1, 0.15) is 0 Å². The molecule has 2 atom stereocenters. The van der Waals surface area contributed by atoms with Crippen molar-refractivity contribution in [1.82, 2.24) is 0 Å². The number of halogens is 1. The van der Waals surface area contributed by atoms with Gasteiger partial charge in [0.2, 0.25) is 5.91 Å². The van der Waals surface area contributed by atoms with Gasteiger partial charge in [0.15, 0.2) is 0 Å². The minimum Gasteiger partial charge on any atom is -0.325 e. The third-order valence-electron chi connectivity index (χ3n) is 5.07. The van der Waals surface area contributed by atoms with E-state index in [0.29, 0.717) is 17.8 Å². The molecule has 2 amide bonds. The molecule has 2 unspecified atom stereocenters. The van der Waals surface area contributed by atoms with E-state index < -0.39 is 6.04 Å². The molecular weight excluding hydrogens is 362 g/mol. The smallest absolute Gasteiger partial charge is 0.258 e. The number of para-hydroxylation sites is 1. The Bertz CT molecular complexity index is 825. The van der Waals surface area contributed by atoms with Crippen molar-refractivity contribution in [3.63, 3.8) is 0 Å². The van der Waals surface area contributed by atoms with Crippen LogP contribution in [0.3, 0.4) is 0 Å². The van der Waals surface area contributed by atoms with Crippen LogP contribution in [0.15, 0.2) is 48.5 Å². The molecule has 0 saturated heterocycles. The van der Waals surface area contributed by atoms with E-state index in [0.717, 1.165) is 18.5 Å². The van der Waals surface area contributed by atoms with Crippen LogP contribution in [-0.2, 0) is 11.2 Å². The summed E-state index contributed by atoms with van der Waals surface area (Å²) in [6.07, 6.45) is 1.70. The van der Waals surface area contributed by atoms with E-state index in [1.807, 2.05) is 32.0 Å². The average Bonchev–Trinajstić information content (AvgIpc) is 3.10. The van der Waals surface area contributed by atoms with Gasteiger partial charge < -0.3 is 16.0 Å². The maximum atomic E-state index is 12.9. The lowest BCUT2D eigenvalue weighted by Crippen LogP contribution is -2.40. The highest BCUT2D eigenvalue weighted by atomic mass is 35.5. The number of hydrogen-bond donors (Lipinski definition) is 2. The Morgan fingerprint density at radius 1 is 1.19 bits per heavy atom. The predicted octanol–water partition coefficient (Wildman–Crippen LogP) is 3.62. The van der Waals surface area contributed by atoms with E-state index in [1.54, 1.807) is 29.2 Å². The van der Waals surface area contributed by atoms with Gasteiger partial charge in [-0.2, -0.15) is 0 Å². The summed E-state index contributed by atoms with van der Waals surface area (Å²) in [5.74, 6) is -0.186. The summed E-state index contributed by atoms with van der Waals surface area (Å²) in [5, 5.41) is 2.83. The minimum atomic E-state index is -0.565. The number of nitrogens with zero attached hydrogens (tertiary/aromatic N) is 1. The molecule has 3 rings (SSSR count). The maximum absolute atomic E-state index is 12.9. The topological polar surface area (TPSA) is 75.4 Å². The van der Waals surface area contributed by atoms with E-state index in [1.165, 1.54) is 5.56 Å². The summed E-state index contributed by atoms with van der Waals surface area (Å²) >= 11 is 0. The largest absolute Gasteiger partial charge is 0.325 e. The Balaban J connectivity index is 0.00000261. The fourth-order valence-corrected chi connectivity index (χ4v) is 3.17. The molecule has 1 aliphatic rings. The first-order valence-corrected chi connectivity index (χ1v) is 9.07. The van der Waals surface area contributed by atoms with Gasteiger partial charge in [0.25, 0.3) is 5.91 Å². The molecule has 0 aromatic heterocycles. The number of benzene rings is 2. The van der Waals surface area contributed by atoms with Gasteiger partial charge >= 0.3 is 0 Å². The van der Waals surface area contributed by atoms with E-state index in [-0.39, 0.29) is 30.1 Å². The summed E-state index contributed by atoms with van der Waals surface area (Å²) < 4.78 is 0. The van der Waals surface area contributed by atoms with Gasteiger partial charge in [0.05, 0.1) is 6.04 Å². The van der Waals surface area contributed by atoms with Crippen molar-refractivity contribution in [3.05, 3.63) is 59.7 Å². The van der Waals surface area contributed by atoms with Crippen LogP contribution >= 0.6 is 12.4 Å². The number of rotatable bonds is 5. The summed E-state index contributed by atoms with van der Waals surface area (Å²) in [4.78, 5) is 27.0. The molecule has 1 aliphatic heterocycles. The zero-order chi connectivity index (χ0) is 18.7. The summed E-state index contributed by atoms with van der Waals surface area (Å²) in [6.45, 7) is 4.63. The van der Waals surface area contributed by atoms with E-state index in [2.05, 4.69) is 11.4 Å². The second-order valence-electron chi connectivity index (χ2n) is 6.82. The summed E-state index contributed by atoms with van der Waals surface area (Å²) in [7, 11) is 0. The number of anilines is 2. The SMILES string of the molecule is CCC(C)C(N)C(=O)Nc1cccc(C(=O)N2CCc3ccccc32)c1.Cl. The monoisotopic (exact) mass is 387 g/mol. The van der Waals surface area contributed by atoms with Crippen molar-refractivity contribution in [2.45, 2.75) is 32.7 Å². The number of nitrogens with one attached hydrogen (secondary N) is 1. The quantitative estimate of drug-likeness (QED) is 0.822. The number of fused-ring (bicyclic) bond motifs is 1. The molecule has 0 bridgehead atoms.